The van der Waals surface area contributed by atoms with E-state index in [-0.39, 0.29) is 0 Å². The number of hydrogen-bond acceptors (Lipinski definition) is 0. The highest BCUT2D eigenvalue weighted by Gasteiger charge is 2.46. The van der Waals surface area contributed by atoms with E-state index in [4.69, 9.17) is 0 Å². The van der Waals surface area contributed by atoms with E-state index in [1.165, 1.54) is 94.1 Å². The van der Waals surface area contributed by atoms with Crippen molar-refractivity contribution in [1.82, 2.24) is 4.57 Å². The molecule has 1 nitrogen and oxygen atoms in total. The summed E-state index contributed by atoms with van der Waals surface area (Å²) in [5.74, 6) is 0. The van der Waals surface area contributed by atoms with Crippen LogP contribution in [0.3, 0.4) is 0 Å². The number of fused-ring (bicyclic) bond motifs is 6. The molecule has 0 fully saturated rings. The second-order valence-corrected chi connectivity index (χ2v) is 18.4. The van der Waals surface area contributed by atoms with Crippen molar-refractivity contribution in [3.05, 3.63) is 318 Å². The van der Waals surface area contributed by atoms with E-state index in [2.05, 4.69) is 290 Å². The molecule has 1 aromatic heterocycles. The maximum absolute atomic E-state index is 2.49. The summed E-state index contributed by atoms with van der Waals surface area (Å²) >= 11 is 0. The van der Waals surface area contributed by atoms with Gasteiger partial charge in [-0.3, -0.25) is 0 Å². The molecule has 1 heteroatoms. The fourth-order valence-electron chi connectivity index (χ4n) is 11.3. The minimum Gasteiger partial charge on any atom is -0.309 e. The monoisotopic (exact) mass is 889 g/mol. The Balaban J connectivity index is 0.978. The van der Waals surface area contributed by atoms with Crippen molar-refractivity contribution in [2.45, 2.75) is 5.41 Å². The van der Waals surface area contributed by atoms with E-state index in [0.717, 1.165) is 22.4 Å². The van der Waals surface area contributed by atoms with Crippen molar-refractivity contribution in [1.29, 1.82) is 0 Å². The smallest absolute Gasteiger partial charge is 0.0714 e. The summed E-state index contributed by atoms with van der Waals surface area (Å²) in [5.41, 5.74) is 22.5. The average Bonchev–Trinajstić information content (AvgIpc) is 3.93. The predicted molar refractivity (Wildman–Crippen MR) is 294 cm³/mol. The van der Waals surface area contributed by atoms with Crippen molar-refractivity contribution in [2.75, 3.05) is 0 Å². The molecule has 70 heavy (non-hydrogen) atoms. The van der Waals surface area contributed by atoms with E-state index in [1.54, 1.807) is 0 Å². The molecule has 328 valence electrons. The number of benzene rings is 11. The second kappa shape index (κ2) is 17.2. The molecule has 1 aliphatic rings. The molecule has 0 aliphatic heterocycles. The van der Waals surface area contributed by atoms with Gasteiger partial charge in [-0.05, 0) is 138 Å². The maximum atomic E-state index is 2.49. The van der Waals surface area contributed by atoms with E-state index in [9.17, 15) is 0 Å². The Labute approximate surface area is 409 Å². The molecule has 12 aromatic rings. The van der Waals surface area contributed by atoms with Crippen LogP contribution in [0.2, 0.25) is 0 Å². The SMILES string of the molecule is C(=C(c1cccc(-c2ccccc2)c1)c1cccc(-c2ccc3c4ccccc4n(-c4ccc5c(c4)C(c4ccccc4)(c4ccccc4)c4ccccc4-5)c3c2)c1)c1cccc(-c2ccccc2)c1. The zero-order chi connectivity index (χ0) is 46.4. The Kier molecular flexibility index (Phi) is 10.1. The molecule has 0 atom stereocenters. The van der Waals surface area contributed by atoms with Crippen LogP contribution in [0.25, 0.3) is 83.6 Å². The zero-order valence-corrected chi connectivity index (χ0v) is 38.6. The van der Waals surface area contributed by atoms with Crippen LogP contribution < -0.4 is 0 Å². The third-order valence-corrected chi connectivity index (χ3v) is 14.5. The Morgan fingerprint density at radius 3 is 1.49 bits per heavy atom. The lowest BCUT2D eigenvalue weighted by atomic mass is 9.67. The second-order valence-electron chi connectivity index (χ2n) is 18.4. The molecular weight excluding hydrogens is 843 g/mol. The van der Waals surface area contributed by atoms with Gasteiger partial charge in [0, 0.05) is 16.5 Å². The van der Waals surface area contributed by atoms with Crippen LogP contribution in [0.5, 0.6) is 0 Å². The molecule has 0 unspecified atom stereocenters. The first-order chi connectivity index (χ1) is 34.7. The van der Waals surface area contributed by atoms with Crippen molar-refractivity contribution >= 4 is 33.5 Å². The van der Waals surface area contributed by atoms with Crippen LogP contribution in [-0.4, -0.2) is 4.57 Å². The van der Waals surface area contributed by atoms with Crippen molar-refractivity contribution in [2.24, 2.45) is 0 Å². The lowest BCUT2D eigenvalue weighted by Crippen LogP contribution is -2.28. The molecule has 11 aromatic carbocycles. The van der Waals surface area contributed by atoms with Gasteiger partial charge in [0.2, 0.25) is 0 Å². The molecule has 1 aliphatic carbocycles. The first-order valence-corrected chi connectivity index (χ1v) is 24.2. The van der Waals surface area contributed by atoms with Crippen LogP contribution >= 0.6 is 0 Å². The molecular formula is C69H47N. The molecule has 0 N–H and O–H groups in total. The number of para-hydroxylation sites is 1. The summed E-state index contributed by atoms with van der Waals surface area (Å²) in [6, 6.07) is 102. The largest absolute Gasteiger partial charge is 0.309 e. The van der Waals surface area contributed by atoms with Gasteiger partial charge >= 0.3 is 0 Å². The van der Waals surface area contributed by atoms with Gasteiger partial charge in [0.25, 0.3) is 0 Å². The standard InChI is InChI=1S/C69H47N/c1-5-21-49(22-6-1)51-25-17-20-48(42-51)43-64(55-28-18-26-52(44-55)50-23-7-2-8-24-50)56-29-19-27-53(45-56)54-38-40-63-62-35-14-16-37-67(62)70(68(63)46-54)59-39-41-61-60-34-13-15-36-65(60)69(66(61)47-59,57-30-9-3-10-31-57)58-32-11-4-12-33-58/h1-47H. The minimum atomic E-state index is -0.497. The Hall–Kier alpha value is -9.04. The van der Waals surface area contributed by atoms with Crippen LogP contribution in [0.15, 0.2) is 279 Å². The molecule has 1 heterocycles. The normalized spacial score (nSPS) is 12.8. The van der Waals surface area contributed by atoms with Gasteiger partial charge in [-0.15, -0.1) is 0 Å². The van der Waals surface area contributed by atoms with Gasteiger partial charge in [-0.25, -0.2) is 0 Å². The number of nitrogens with zero attached hydrogens (tertiary/aromatic N) is 1. The third kappa shape index (κ3) is 6.94. The van der Waals surface area contributed by atoms with Crippen molar-refractivity contribution in [3.63, 3.8) is 0 Å². The van der Waals surface area contributed by atoms with Gasteiger partial charge in [0.15, 0.2) is 0 Å². The molecule has 0 saturated carbocycles. The van der Waals surface area contributed by atoms with Gasteiger partial charge in [0.1, 0.15) is 0 Å². The zero-order valence-electron chi connectivity index (χ0n) is 38.6. The molecule has 0 radical (unpaired) electrons. The third-order valence-electron chi connectivity index (χ3n) is 14.5. The molecule has 0 bridgehead atoms. The number of rotatable bonds is 9. The molecule has 0 amide bonds. The highest BCUT2D eigenvalue weighted by atomic mass is 15.0. The summed E-state index contributed by atoms with van der Waals surface area (Å²) in [7, 11) is 0. The number of aromatic nitrogens is 1. The predicted octanol–water partition coefficient (Wildman–Crippen LogP) is 17.7. The summed E-state index contributed by atoms with van der Waals surface area (Å²) < 4.78 is 2.49. The van der Waals surface area contributed by atoms with E-state index in [1.807, 2.05) is 0 Å². The summed E-state index contributed by atoms with van der Waals surface area (Å²) in [6.07, 6.45) is 2.35. The molecule has 0 spiro atoms. The van der Waals surface area contributed by atoms with E-state index < -0.39 is 5.41 Å². The Bertz CT molecular complexity index is 3880. The van der Waals surface area contributed by atoms with Gasteiger partial charge in [0.05, 0.1) is 16.4 Å². The van der Waals surface area contributed by atoms with Crippen LogP contribution in [-0.2, 0) is 5.41 Å². The average molecular weight is 890 g/mol. The van der Waals surface area contributed by atoms with Gasteiger partial charge in [-0.2, -0.15) is 0 Å². The summed E-state index contributed by atoms with van der Waals surface area (Å²) in [4.78, 5) is 0. The van der Waals surface area contributed by atoms with Gasteiger partial charge < -0.3 is 4.57 Å². The highest BCUT2D eigenvalue weighted by Crippen LogP contribution is 2.56. The molecule has 0 saturated heterocycles. The first-order valence-electron chi connectivity index (χ1n) is 24.2. The summed E-state index contributed by atoms with van der Waals surface area (Å²) in [6.45, 7) is 0. The van der Waals surface area contributed by atoms with Crippen LogP contribution in [0, 0.1) is 0 Å². The maximum Gasteiger partial charge on any atom is 0.0714 e. The minimum absolute atomic E-state index is 0.497. The van der Waals surface area contributed by atoms with Gasteiger partial charge in [-0.1, -0.05) is 237 Å². The van der Waals surface area contributed by atoms with Crippen molar-refractivity contribution < 1.29 is 0 Å². The van der Waals surface area contributed by atoms with Crippen LogP contribution in [0.1, 0.15) is 38.9 Å². The fraction of sp³-hybridized carbons (Fsp3) is 0.0145. The van der Waals surface area contributed by atoms with Crippen molar-refractivity contribution in [3.8, 4) is 50.2 Å². The fourth-order valence-corrected chi connectivity index (χ4v) is 11.3. The number of hydrogen-bond donors (Lipinski definition) is 0. The Morgan fingerprint density at radius 2 is 0.814 bits per heavy atom. The van der Waals surface area contributed by atoms with E-state index in [0.29, 0.717) is 0 Å². The van der Waals surface area contributed by atoms with Crippen LogP contribution in [0.4, 0.5) is 0 Å². The lowest BCUT2D eigenvalue weighted by Gasteiger charge is -2.34. The lowest BCUT2D eigenvalue weighted by molar-refractivity contribution is 0.767. The molecule has 13 rings (SSSR count). The summed E-state index contributed by atoms with van der Waals surface area (Å²) in [5, 5.41) is 2.47. The Morgan fingerprint density at radius 1 is 0.314 bits per heavy atom. The first kappa shape index (κ1) is 41.2. The quantitative estimate of drug-likeness (QED) is 0.127. The topological polar surface area (TPSA) is 4.93 Å². The highest BCUT2D eigenvalue weighted by molar-refractivity contribution is 6.10. The van der Waals surface area contributed by atoms with E-state index >= 15 is 0 Å².